The second kappa shape index (κ2) is 6.60. The Balaban J connectivity index is 1.83. The van der Waals surface area contributed by atoms with E-state index < -0.39 is 27.9 Å². The van der Waals surface area contributed by atoms with Crippen LogP contribution in [0, 0.1) is 27.7 Å². The first-order chi connectivity index (χ1) is 9.59. The van der Waals surface area contributed by atoms with Gasteiger partial charge in [0.2, 0.25) is 0 Å². The van der Waals surface area contributed by atoms with Crippen LogP contribution in [-0.4, -0.2) is 24.7 Å². The van der Waals surface area contributed by atoms with Crippen LogP contribution in [0.15, 0.2) is 12.1 Å². The molecule has 2 rings (SSSR count). The molecule has 1 saturated carbocycles. The predicted octanol–water partition coefficient (Wildman–Crippen LogP) is 3.10. The molecule has 0 unspecified atom stereocenters. The zero-order valence-electron chi connectivity index (χ0n) is 10.9. The minimum atomic E-state index is -1.22. The molecular formula is C13H16F2N2O3. The van der Waals surface area contributed by atoms with Crippen molar-refractivity contribution in [1.82, 2.24) is 0 Å². The number of rotatable bonds is 8. The second-order valence-electron chi connectivity index (χ2n) is 4.81. The van der Waals surface area contributed by atoms with E-state index >= 15 is 0 Å². The molecule has 1 aromatic carbocycles. The van der Waals surface area contributed by atoms with Gasteiger partial charge >= 0.3 is 0 Å². The first-order valence-electron chi connectivity index (χ1n) is 6.53. The van der Waals surface area contributed by atoms with E-state index in [9.17, 15) is 18.9 Å². The van der Waals surface area contributed by atoms with Crippen LogP contribution >= 0.6 is 0 Å². The molecule has 0 bridgehead atoms. The van der Waals surface area contributed by atoms with Crippen LogP contribution in [-0.2, 0) is 4.74 Å². The molecule has 5 nitrogen and oxygen atoms in total. The predicted molar refractivity (Wildman–Crippen MR) is 69.7 cm³/mol. The number of nitrogens with one attached hydrogen (secondary N) is 1. The average molecular weight is 286 g/mol. The molecular weight excluding hydrogens is 270 g/mol. The van der Waals surface area contributed by atoms with Crippen LogP contribution in [0.4, 0.5) is 20.2 Å². The van der Waals surface area contributed by atoms with Crippen molar-refractivity contribution in [1.29, 1.82) is 0 Å². The Morgan fingerprint density at radius 1 is 1.40 bits per heavy atom. The third-order valence-corrected chi connectivity index (χ3v) is 3.09. The molecule has 110 valence electrons. The highest BCUT2D eigenvalue weighted by Crippen LogP contribution is 2.29. The SMILES string of the molecule is O=[N+]([O-])c1ccc(F)c(F)c1NCCCOCC1CC1. The zero-order chi connectivity index (χ0) is 14.5. The molecule has 0 aromatic heterocycles. The summed E-state index contributed by atoms with van der Waals surface area (Å²) in [7, 11) is 0. The van der Waals surface area contributed by atoms with Crippen molar-refractivity contribution in [2.45, 2.75) is 19.3 Å². The van der Waals surface area contributed by atoms with Crippen LogP contribution in [0.3, 0.4) is 0 Å². The third-order valence-electron chi connectivity index (χ3n) is 3.09. The molecule has 1 fully saturated rings. The highest BCUT2D eigenvalue weighted by Gasteiger charge is 2.22. The van der Waals surface area contributed by atoms with Crippen LogP contribution in [0.2, 0.25) is 0 Å². The summed E-state index contributed by atoms with van der Waals surface area (Å²) in [6.45, 7) is 1.51. The highest BCUT2D eigenvalue weighted by atomic mass is 19.2. The lowest BCUT2D eigenvalue weighted by Crippen LogP contribution is -2.10. The molecule has 1 N–H and O–H groups in total. The summed E-state index contributed by atoms with van der Waals surface area (Å²) in [6, 6.07) is 1.70. The Hall–Kier alpha value is -1.76. The van der Waals surface area contributed by atoms with Crippen LogP contribution in [0.25, 0.3) is 0 Å². The van der Waals surface area contributed by atoms with E-state index in [0.29, 0.717) is 18.9 Å². The summed E-state index contributed by atoms with van der Waals surface area (Å²) in [5, 5.41) is 13.3. The van der Waals surface area contributed by atoms with Crippen molar-refractivity contribution in [3.63, 3.8) is 0 Å². The van der Waals surface area contributed by atoms with Gasteiger partial charge in [-0.1, -0.05) is 0 Å². The molecule has 0 saturated heterocycles. The van der Waals surface area contributed by atoms with Crippen LogP contribution in [0.1, 0.15) is 19.3 Å². The summed E-state index contributed by atoms with van der Waals surface area (Å²) in [6.07, 6.45) is 2.98. The standard InChI is InChI=1S/C13H16F2N2O3/c14-10-4-5-11(17(18)19)13(12(10)15)16-6-1-7-20-8-9-2-3-9/h4-5,9,16H,1-3,6-8H2. The van der Waals surface area contributed by atoms with Crippen molar-refractivity contribution in [2.75, 3.05) is 25.1 Å². The normalized spacial score (nSPS) is 14.3. The highest BCUT2D eigenvalue weighted by molar-refractivity contribution is 5.62. The van der Waals surface area contributed by atoms with E-state index in [1.165, 1.54) is 12.8 Å². The van der Waals surface area contributed by atoms with Crippen molar-refractivity contribution < 1.29 is 18.4 Å². The molecule has 1 aromatic rings. The summed E-state index contributed by atoms with van der Waals surface area (Å²) in [5.41, 5.74) is -0.875. The Labute approximate surface area is 115 Å². The van der Waals surface area contributed by atoms with Gasteiger partial charge in [0.15, 0.2) is 17.3 Å². The molecule has 20 heavy (non-hydrogen) atoms. The van der Waals surface area contributed by atoms with Crippen LogP contribution in [0.5, 0.6) is 0 Å². The van der Waals surface area contributed by atoms with E-state index in [2.05, 4.69) is 5.32 Å². The third kappa shape index (κ3) is 3.86. The molecule has 0 spiro atoms. The molecule has 1 aliphatic rings. The van der Waals surface area contributed by atoms with E-state index in [1.807, 2.05) is 0 Å². The first kappa shape index (κ1) is 14.6. The van der Waals surface area contributed by atoms with Gasteiger partial charge in [-0.05, 0) is 31.2 Å². The maximum absolute atomic E-state index is 13.5. The molecule has 0 amide bonds. The number of nitro groups is 1. The number of benzene rings is 1. The summed E-state index contributed by atoms with van der Waals surface area (Å²) >= 11 is 0. The number of hydrogen-bond acceptors (Lipinski definition) is 4. The minimum absolute atomic E-state index is 0.284. The summed E-state index contributed by atoms with van der Waals surface area (Å²) < 4.78 is 32.0. The second-order valence-corrected chi connectivity index (χ2v) is 4.81. The molecule has 1 aliphatic carbocycles. The lowest BCUT2D eigenvalue weighted by atomic mass is 10.2. The van der Waals surface area contributed by atoms with Gasteiger partial charge in [0.1, 0.15) is 0 Å². The lowest BCUT2D eigenvalue weighted by Gasteiger charge is -2.09. The smallest absolute Gasteiger partial charge is 0.295 e. The molecule has 0 heterocycles. The van der Waals surface area contributed by atoms with E-state index in [4.69, 9.17) is 4.74 Å². The Bertz CT molecular complexity index is 493. The monoisotopic (exact) mass is 286 g/mol. The largest absolute Gasteiger partial charge is 0.381 e. The van der Waals surface area contributed by atoms with Gasteiger partial charge in [-0.3, -0.25) is 10.1 Å². The Morgan fingerprint density at radius 3 is 2.80 bits per heavy atom. The van der Waals surface area contributed by atoms with Gasteiger partial charge in [-0.25, -0.2) is 8.78 Å². The van der Waals surface area contributed by atoms with E-state index in [1.54, 1.807) is 0 Å². The summed E-state index contributed by atoms with van der Waals surface area (Å²) in [4.78, 5) is 10.0. The van der Waals surface area contributed by atoms with E-state index in [-0.39, 0.29) is 6.54 Å². The maximum atomic E-state index is 13.5. The van der Waals surface area contributed by atoms with Crippen molar-refractivity contribution in [3.8, 4) is 0 Å². The van der Waals surface area contributed by atoms with Gasteiger partial charge < -0.3 is 10.1 Å². The first-order valence-corrected chi connectivity index (χ1v) is 6.53. The Morgan fingerprint density at radius 2 is 2.15 bits per heavy atom. The number of anilines is 1. The number of hydrogen-bond donors (Lipinski definition) is 1. The van der Waals surface area contributed by atoms with Crippen molar-refractivity contribution in [3.05, 3.63) is 33.9 Å². The molecule has 7 heteroatoms. The van der Waals surface area contributed by atoms with E-state index in [0.717, 1.165) is 18.7 Å². The van der Waals surface area contributed by atoms with Crippen molar-refractivity contribution in [2.24, 2.45) is 5.92 Å². The number of halogens is 2. The molecule has 0 aliphatic heterocycles. The number of nitrogens with zero attached hydrogens (tertiary/aromatic N) is 1. The quantitative estimate of drug-likeness (QED) is 0.453. The zero-order valence-corrected chi connectivity index (χ0v) is 10.9. The van der Waals surface area contributed by atoms with Gasteiger partial charge in [0.25, 0.3) is 5.69 Å². The molecule has 0 atom stereocenters. The van der Waals surface area contributed by atoms with Gasteiger partial charge in [0, 0.05) is 25.8 Å². The number of ether oxygens (including phenoxy) is 1. The fourth-order valence-corrected chi connectivity index (χ4v) is 1.78. The fourth-order valence-electron chi connectivity index (χ4n) is 1.78. The average Bonchev–Trinajstić information content (AvgIpc) is 3.22. The van der Waals surface area contributed by atoms with Gasteiger partial charge in [-0.2, -0.15) is 0 Å². The maximum Gasteiger partial charge on any atom is 0.295 e. The minimum Gasteiger partial charge on any atom is -0.381 e. The topological polar surface area (TPSA) is 64.4 Å². The fraction of sp³-hybridized carbons (Fsp3) is 0.538. The lowest BCUT2D eigenvalue weighted by molar-refractivity contribution is -0.384. The molecule has 0 radical (unpaired) electrons. The van der Waals surface area contributed by atoms with Gasteiger partial charge in [0.05, 0.1) is 4.92 Å². The Kier molecular flexibility index (Phi) is 4.84. The van der Waals surface area contributed by atoms with Gasteiger partial charge in [-0.15, -0.1) is 0 Å². The summed E-state index contributed by atoms with van der Waals surface area (Å²) in [5.74, 6) is -1.66. The van der Waals surface area contributed by atoms with Crippen LogP contribution < -0.4 is 5.32 Å². The number of nitro benzene ring substituents is 1. The van der Waals surface area contributed by atoms with Crippen molar-refractivity contribution >= 4 is 11.4 Å².